The Morgan fingerprint density at radius 2 is 1.68 bits per heavy atom. The fourth-order valence-electron chi connectivity index (χ4n) is 2.27. The molecular formula is C18H21BrN2O4. The third-order valence-corrected chi connectivity index (χ3v) is 4.46. The van der Waals surface area contributed by atoms with E-state index in [0.29, 0.717) is 29.5 Å². The molecule has 0 fully saturated rings. The predicted molar refractivity (Wildman–Crippen MR) is 101 cm³/mol. The molecule has 0 saturated carbocycles. The van der Waals surface area contributed by atoms with E-state index in [4.69, 9.17) is 14.2 Å². The fraction of sp³-hybridized carbons (Fsp3) is 0.278. The van der Waals surface area contributed by atoms with Crippen LogP contribution in [0.15, 0.2) is 34.8 Å². The second kappa shape index (κ2) is 8.62. The van der Waals surface area contributed by atoms with Crippen molar-refractivity contribution in [2.75, 3.05) is 26.6 Å². The van der Waals surface area contributed by atoms with Crippen LogP contribution in [0.1, 0.15) is 11.1 Å². The zero-order valence-electron chi connectivity index (χ0n) is 14.6. The number of methoxy groups -OCH3 is 3. The molecule has 0 aliphatic rings. The largest absolute Gasteiger partial charge is 0.493 e. The van der Waals surface area contributed by atoms with Crippen LogP contribution in [0, 0.1) is 6.92 Å². The molecule has 0 aromatic heterocycles. The van der Waals surface area contributed by atoms with Crippen molar-refractivity contribution >= 4 is 27.6 Å². The van der Waals surface area contributed by atoms with E-state index in [-0.39, 0.29) is 6.03 Å². The molecule has 0 aliphatic carbocycles. The molecular weight excluding hydrogens is 388 g/mol. The lowest BCUT2D eigenvalue weighted by molar-refractivity contribution is 0.251. The van der Waals surface area contributed by atoms with E-state index in [1.54, 1.807) is 33.5 Å². The Morgan fingerprint density at radius 3 is 2.20 bits per heavy atom. The second-order valence-electron chi connectivity index (χ2n) is 5.31. The summed E-state index contributed by atoms with van der Waals surface area (Å²) >= 11 is 3.45. The van der Waals surface area contributed by atoms with Crippen LogP contribution < -0.4 is 24.8 Å². The maximum atomic E-state index is 12.1. The topological polar surface area (TPSA) is 68.8 Å². The minimum atomic E-state index is -0.301. The number of amides is 2. The van der Waals surface area contributed by atoms with Crippen LogP contribution in [-0.2, 0) is 6.54 Å². The molecule has 0 spiro atoms. The Labute approximate surface area is 155 Å². The van der Waals surface area contributed by atoms with E-state index in [2.05, 4.69) is 26.6 Å². The Morgan fingerprint density at radius 1 is 1.04 bits per heavy atom. The van der Waals surface area contributed by atoms with Gasteiger partial charge in [-0.2, -0.15) is 0 Å². The minimum Gasteiger partial charge on any atom is -0.493 e. The monoisotopic (exact) mass is 408 g/mol. The van der Waals surface area contributed by atoms with Crippen LogP contribution in [-0.4, -0.2) is 27.4 Å². The number of benzene rings is 2. The zero-order valence-corrected chi connectivity index (χ0v) is 16.2. The van der Waals surface area contributed by atoms with E-state index >= 15 is 0 Å². The zero-order chi connectivity index (χ0) is 18.4. The summed E-state index contributed by atoms with van der Waals surface area (Å²) in [4.78, 5) is 12.1. The highest BCUT2D eigenvalue weighted by Gasteiger charge is 2.13. The molecule has 2 rings (SSSR count). The van der Waals surface area contributed by atoms with Gasteiger partial charge in [0, 0.05) is 16.7 Å². The smallest absolute Gasteiger partial charge is 0.319 e. The standard InChI is InChI=1S/C18H21BrN2O4/c1-11-5-6-13(9-14(11)19)21-18(22)20-10-12-7-15(23-2)17(25-4)16(8-12)24-3/h5-9H,10H2,1-4H3,(H2,20,21,22). The van der Waals surface area contributed by atoms with Crippen molar-refractivity contribution in [2.45, 2.75) is 13.5 Å². The first-order valence-electron chi connectivity index (χ1n) is 7.58. The molecule has 25 heavy (non-hydrogen) atoms. The number of nitrogens with one attached hydrogen (secondary N) is 2. The highest BCUT2D eigenvalue weighted by Crippen LogP contribution is 2.38. The van der Waals surface area contributed by atoms with Crippen LogP contribution in [0.2, 0.25) is 0 Å². The number of hydrogen-bond acceptors (Lipinski definition) is 4. The number of anilines is 1. The Hall–Kier alpha value is -2.41. The van der Waals surface area contributed by atoms with E-state index in [1.165, 1.54) is 0 Å². The molecule has 0 saturated heterocycles. The van der Waals surface area contributed by atoms with Gasteiger partial charge in [-0.25, -0.2) is 4.79 Å². The third kappa shape index (κ3) is 4.79. The van der Waals surface area contributed by atoms with Crippen molar-refractivity contribution in [3.63, 3.8) is 0 Å². The summed E-state index contributed by atoms with van der Waals surface area (Å²) in [7, 11) is 4.65. The first kappa shape index (κ1) is 18.9. The third-order valence-electron chi connectivity index (χ3n) is 3.61. The normalized spacial score (nSPS) is 10.1. The van der Waals surface area contributed by atoms with Gasteiger partial charge in [-0.3, -0.25) is 0 Å². The molecule has 7 heteroatoms. The molecule has 0 unspecified atom stereocenters. The van der Waals surface area contributed by atoms with Gasteiger partial charge >= 0.3 is 6.03 Å². The summed E-state index contributed by atoms with van der Waals surface area (Å²) in [5.74, 6) is 1.60. The number of aryl methyl sites for hydroxylation is 1. The van der Waals surface area contributed by atoms with Gasteiger partial charge in [-0.05, 0) is 42.3 Å². The van der Waals surface area contributed by atoms with Gasteiger partial charge in [0.25, 0.3) is 0 Å². The van der Waals surface area contributed by atoms with Gasteiger partial charge in [0.15, 0.2) is 11.5 Å². The van der Waals surface area contributed by atoms with Crippen LogP contribution >= 0.6 is 15.9 Å². The van der Waals surface area contributed by atoms with E-state index in [1.807, 2.05) is 25.1 Å². The maximum absolute atomic E-state index is 12.1. The summed E-state index contributed by atoms with van der Waals surface area (Å²) in [6, 6.07) is 8.92. The van der Waals surface area contributed by atoms with Gasteiger partial charge in [-0.15, -0.1) is 0 Å². The lowest BCUT2D eigenvalue weighted by Gasteiger charge is -2.14. The van der Waals surface area contributed by atoms with Crippen molar-refractivity contribution < 1.29 is 19.0 Å². The van der Waals surface area contributed by atoms with E-state index in [0.717, 1.165) is 15.6 Å². The van der Waals surface area contributed by atoms with E-state index < -0.39 is 0 Å². The van der Waals surface area contributed by atoms with Crippen LogP contribution in [0.25, 0.3) is 0 Å². The van der Waals surface area contributed by atoms with Crippen molar-refractivity contribution in [3.8, 4) is 17.2 Å². The molecule has 0 radical (unpaired) electrons. The highest BCUT2D eigenvalue weighted by atomic mass is 79.9. The van der Waals surface area contributed by atoms with Crippen molar-refractivity contribution in [1.82, 2.24) is 5.32 Å². The van der Waals surface area contributed by atoms with Crippen LogP contribution in [0.4, 0.5) is 10.5 Å². The number of hydrogen-bond donors (Lipinski definition) is 2. The van der Waals surface area contributed by atoms with Gasteiger partial charge in [0.05, 0.1) is 21.3 Å². The van der Waals surface area contributed by atoms with Crippen molar-refractivity contribution in [2.24, 2.45) is 0 Å². The average molecular weight is 409 g/mol. The number of urea groups is 1. The number of rotatable bonds is 6. The van der Waals surface area contributed by atoms with Crippen molar-refractivity contribution in [3.05, 3.63) is 45.9 Å². The lowest BCUT2D eigenvalue weighted by Crippen LogP contribution is -2.28. The molecule has 2 aromatic rings. The first-order chi connectivity index (χ1) is 12.0. The molecule has 2 aromatic carbocycles. The van der Waals surface area contributed by atoms with Gasteiger partial charge < -0.3 is 24.8 Å². The molecule has 0 atom stereocenters. The summed E-state index contributed by atoms with van der Waals surface area (Å²) in [5, 5.41) is 5.60. The molecule has 6 nitrogen and oxygen atoms in total. The van der Waals surface area contributed by atoms with Crippen LogP contribution in [0.3, 0.4) is 0 Å². The Balaban J connectivity index is 2.04. The number of halogens is 1. The molecule has 2 amide bonds. The molecule has 0 bridgehead atoms. The van der Waals surface area contributed by atoms with Crippen LogP contribution in [0.5, 0.6) is 17.2 Å². The summed E-state index contributed by atoms with van der Waals surface area (Å²) in [5.41, 5.74) is 2.64. The summed E-state index contributed by atoms with van der Waals surface area (Å²) in [6.45, 7) is 2.30. The first-order valence-corrected chi connectivity index (χ1v) is 8.37. The molecule has 2 N–H and O–H groups in total. The maximum Gasteiger partial charge on any atom is 0.319 e. The minimum absolute atomic E-state index is 0.301. The van der Waals surface area contributed by atoms with Gasteiger partial charge in [-0.1, -0.05) is 22.0 Å². The van der Waals surface area contributed by atoms with Gasteiger partial charge in [0.2, 0.25) is 5.75 Å². The fourth-order valence-corrected chi connectivity index (χ4v) is 2.64. The quantitative estimate of drug-likeness (QED) is 0.754. The molecule has 0 heterocycles. The SMILES string of the molecule is COc1cc(CNC(=O)Nc2ccc(C)c(Br)c2)cc(OC)c1OC. The van der Waals surface area contributed by atoms with Crippen molar-refractivity contribution in [1.29, 1.82) is 0 Å². The van der Waals surface area contributed by atoms with Gasteiger partial charge in [0.1, 0.15) is 0 Å². The highest BCUT2D eigenvalue weighted by molar-refractivity contribution is 9.10. The Bertz CT molecular complexity index is 740. The second-order valence-corrected chi connectivity index (χ2v) is 6.16. The number of carbonyl (C=O) groups is 1. The number of ether oxygens (including phenoxy) is 3. The lowest BCUT2D eigenvalue weighted by atomic mass is 10.2. The van der Waals surface area contributed by atoms with E-state index in [9.17, 15) is 4.79 Å². The number of carbonyl (C=O) groups excluding carboxylic acids is 1. The predicted octanol–water partition coefficient (Wildman–Crippen LogP) is 4.11. The molecule has 134 valence electrons. The molecule has 0 aliphatic heterocycles. The Kier molecular flexibility index (Phi) is 6.52. The summed E-state index contributed by atoms with van der Waals surface area (Å²) < 4.78 is 16.8. The average Bonchev–Trinajstić information content (AvgIpc) is 2.62. The summed E-state index contributed by atoms with van der Waals surface area (Å²) in [6.07, 6.45) is 0.